The third-order valence-corrected chi connectivity index (χ3v) is 5.14. The molecule has 8 heteroatoms. The molecule has 0 bridgehead atoms. The van der Waals surface area contributed by atoms with Crippen LogP contribution in [-0.2, 0) is 0 Å². The Labute approximate surface area is 159 Å². The fourth-order valence-corrected chi connectivity index (χ4v) is 3.62. The molecule has 1 N–H and O–H groups in total. The van der Waals surface area contributed by atoms with Crippen LogP contribution in [-0.4, -0.2) is 54.2 Å². The Balaban J connectivity index is 0.00000484. The maximum Gasteiger partial charge on any atom is 0.389 e. The molecule has 0 amide bonds. The van der Waals surface area contributed by atoms with E-state index in [1.807, 2.05) is 18.7 Å². The Morgan fingerprint density at radius 2 is 2.04 bits per heavy atom. The average Bonchev–Trinajstić information content (AvgIpc) is 2.44. The Hall–Kier alpha value is 0.140. The number of nitrogens with zero attached hydrogens (tertiary/aromatic N) is 2. The molecule has 3 nitrogen and oxygen atoms in total. The van der Waals surface area contributed by atoms with E-state index in [4.69, 9.17) is 0 Å². The average molecular weight is 467 g/mol. The first-order chi connectivity index (χ1) is 10.3. The van der Waals surface area contributed by atoms with Crippen molar-refractivity contribution in [3.8, 4) is 0 Å². The zero-order valence-electron chi connectivity index (χ0n) is 14.2. The molecule has 1 rings (SSSR count). The van der Waals surface area contributed by atoms with Crippen LogP contribution in [0.2, 0.25) is 0 Å². The molecule has 0 aromatic carbocycles. The second-order valence-corrected chi connectivity index (χ2v) is 7.25. The fraction of sp³-hybridized carbons (Fsp3) is 0.933. The van der Waals surface area contributed by atoms with Gasteiger partial charge in [-0.3, -0.25) is 4.99 Å². The first-order valence-corrected chi connectivity index (χ1v) is 9.10. The van der Waals surface area contributed by atoms with Crippen molar-refractivity contribution in [2.45, 2.75) is 51.5 Å². The van der Waals surface area contributed by atoms with E-state index in [0.717, 1.165) is 31.3 Å². The molecule has 0 aromatic heterocycles. The minimum absolute atomic E-state index is 0. The number of hydrogen-bond donors (Lipinski definition) is 1. The SMILES string of the molecule is CCNC(=NCCCCC(F)(F)F)N1CCSC(C(C)C)C1.I. The highest BCUT2D eigenvalue weighted by Crippen LogP contribution is 2.25. The van der Waals surface area contributed by atoms with E-state index in [1.54, 1.807) is 0 Å². The summed E-state index contributed by atoms with van der Waals surface area (Å²) in [6.45, 7) is 9.59. The number of halogens is 4. The fourth-order valence-electron chi connectivity index (χ4n) is 2.32. The van der Waals surface area contributed by atoms with Crippen molar-refractivity contribution in [2.24, 2.45) is 10.9 Å². The first-order valence-electron chi connectivity index (χ1n) is 8.05. The van der Waals surface area contributed by atoms with Gasteiger partial charge < -0.3 is 10.2 Å². The summed E-state index contributed by atoms with van der Waals surface area (Å²) in [5, 5.41) is 3.85. The lowest BCUT2D eigenvalue weighted by atomic mass is 10.1. The van der Waals surface area contributed by atoms with Gasteiger partial charge in [-0.2, -0.15) is 24.9 Å². The van der Waals surface area contributed by atoms with Gasteiger partial charge in [-0.15, -0.1) is 24.0 Å². The topological polar surface area (TPSA) is 27.6 Å². The quantitative estimate of drug-likeness (QED) is 0.272. The van der Waals surface area contributed by atoms with Crippen molar-refractivity contribution in [3.63, 3.8) is 0 Å². The maximum atomic E-state index is 12.1. The van der Waals surface area contributed by atoms with E-state index in [2.05, 4.69) is 29.1 Å². The number of unbranched alkanes of at least 4 members (excludes halogenated alkanes) is 1. The highest BCUT2D eigenvalue weighted by molar-refractivity contribution is 14.0. The first kappa shape index (κ1) is 23.1. The van der Waals surface area contributed by atoms with Gasteiger partial charge in [-0.25, -0.2) is 0 Å². The number of rotatable bonds is 6. The number of guanidine groups is 1. The Bertz CT molecular complexity index is 351. The molecule has 1 heterocycles. The van der Waals surface area contributed by atoms with Crippen LogP contribution in [0.4, 0.5) is 13.2 Å². The molecular formula is C15H29F3IN3S. The highest BCUT2D eigenvalue weighted by Gasteiger charge is 2.26. The zero-order chi connectivity index (χ0) is 16.6. The van der Waals surface area contributed by atoms with Gasteiger partial charge in [0.1, 0.15) is 0 Å². The van der Waals surface area contributed by atoms with Crippen LogP contribution < -0.4 is 5.32 Å². The summed E-state index contributed by atoms with van der Waals surface area (Å²) < 4.78 is 36.3. The lowest BCUT2D eigenvalue weighted by Gasteiger charge is -2.36. The van der Waals surface area contributed by atoms with E-state index < -0.39 is 12.6 Å². The third kappa shape index (κ3) is 9.89. The van der Waals surface area contributed by atoms with Crippen LogP contribution in [0.15, 0.2) is 4.99 Å². The van der Waals surface area contributed by atoms with Gasteiger partial charge in [0.05, 0.1) is 0 Å². The lowest BCUT2D eigenvalue weighted by molar-refractivity contribution is -0.135. The summed E-state index contributed by atoms with van der Waals surface area (Å²) in [7, 11) is 0. The van der Waals surface area contributed by atoms with E-state index in [9.17, 15) is 13.2 Å². The van der Waals surface area contributed by atoms with Crippen LogP contribution in [0.5, 0.6) is 0 Å². The standard InChI is InChI=1S/C15H28F3N3S.HI/c1-4-19-14(20-8-6-5-7-15(16,17)18)21-9-10-22-13(11-21)12(2)3;/h12-13H,4-11H2,1-3H3,(H,19,20);1H. The lowest BCUT2D eigenvalue weighted by Crippen LogP contribution is -2.49. The second kappa shape index (κ2) is 11.7. The molecular weight excluding hydrogens is 438 g/mol. The van der Waals surface area contributed by atoms with Crippen molar-refractivity contribution in [2.75, 3.05) is 31.9 Å². The molecule has 0 spiro atoms. The van der Waals surface area contributed by atoms with Gasteiger partial charge in [0, 0.05) is 43.6 Å². The molecule has 138 valence electrons. The molecule has 0 saturated carbocycles. The normalized spacial score (nSPS) is 19.7. The van der Waals surface area contributed by atoms with E-state index in [0.29, 0.717) is 24.1 Å². The van der Waals surface area contributed by atoms with Crippen LogP contribution in [0.1, 0.15) is 40.0 Å². The summed E-state index contributed by atoms with van der Waals surface area (Å²) in [6.07, 6.45) is -4.14. The molecule has 0 aliphatic carbocycles. The van der Waals surface area contributed by atoms with Crippen molar-refractivity contribution in [1.29, 1.82) is 0 Å². The number of thioether (sulfide) groups is 1. The number of hydrogen-bond acceptors (Lipinski definition) is 2. The van der Waals surface area contributed by atoms with Gasteiger partial charge in [0.15, 0.2) is 5.96 Å². The summed E-state index contributed by atoms with van der Waals surface area (Å²) in [5.74, 6) is 2.53. The van der Waals surface area contributed by atoms with Crippen molar-refractivity contribution in [3.05, 3.63) is 0 Å². The summed E-state index contributed by atoms with van der Waals surface area (Å²) >= 11 is 2.00. The van der Waals surface area contributed by atoms with Crippen LogP contribution in [0.3, 0.4) is 0 Å². The smallest absolute Gasteiger partial charge is 0.357 e. The molecule has 1 unspecified atom stereocenters. The second-order valence-electron chi connectivity index (χ2n) is 5.91. The third-order valence-electron chi connectivity index (χ3n) is 3.60. The van der Waals surface area contributed by atoms with Gasteiger partial charge in [-0.1, -0.05) is 13.8 Å². The minimum Gasteiger partial charge on any atom is -0.357 e. The molecule has 0 radical (unpaired) electrons. The van der Waals surface area contributed by atoms with Crippen LogP contribution in [0, 0.1) is 5.92 Å². The zero-order valence-corrected chi connectivity index (χ0v) is 17.3. The highest BCUT2D eigenvalue weighted by atomic mass is 127. The Morgan fingerprint density at radius 3 is 2.61 bits per heavy atom. The van der Waals surface area contributed by atoms with Crippen molar-refractivity contribution in [1.82, 2.24) is 10.2 Å². The molecule has 1 fully saturated rings. The van der Waals surface area contributed by atoms with Crippen LogP contribution in [0.25, 0.3) is 0 Å². The molecule has 1 atom stereocenters. The van der Waals surface area contributed by atoms with Gasteiger partial charge in [-0.05, 0) is 25.7 Å². The summed E-state index contributed by atoms with van der Waals surface area (Å²) in [4.78, 5) is 6.75. The molecule has 1 aliphatic rings. The van der Waals surface area contributed by atoms with Gasteiger partial charge in [0.2, 0.25) is 0 Å². The minimum atomic E-state index is -4.05. The van der Waals surface area contributed by atoms with E-state index >= 15 is 0 Å². The molecule has 0 aromatic rings. The molecule has 1 aliphatic heterocycles. The van der Waals surface area contributed by atoms with E-state index in [-0.39, 0.29) is 30.4 Å². The Kier molecular flexibility index (Phi) is 11.7. The predicted octanol–water partition coefficient (Wildman–Crippen LogP) is 4.38. The molecule has 1 saturated heterocycles. The monoisotopic (exact) mass is 467 g/mol. The largest absolute Gasteiger partial charge is 0.389 e. The summed E-state index contributed by atoms with van der Waals surface area (Å²) in [5.41, 5.74) is 0. The van der Waals surface area contributed by atoms with Gasteiger partial charge >= 0.3 is 6.18 Å². The van der Waals surface area contributed by atoms with Gasteiger partial charge in [0.25, 0.3) is 0 Å². The van der Waals surface area contributed by atoms with Crippen molar-refractivity contribution >= 4 is 41.7 Å². The number of aliphatic imine (C=N–C) groups is 1. The summed E-state index contributed by atoms with van der Waals surface area (Å²) in [6, 6.07) is 0. The number of nitrogens with one attached hydrogen (secondary N) is 1. The molecule has 23 heavy (non-hydrogen) atoms. The number of alkyl halides is 3. The maximum absolute atomic E-state index is 12.1. The van der Waals surface area contributed by atoms with Crippen LogP contribution >= 0.6 is 35.7 Å². The van der Waals surface area contributed by atoms with E-state index in [1.165, 1.54) is 0 Å². The van der Waals surface area contributed by atoms with Crippen molar-refractivity contribution < 1.29 is 13.2 Å². The Morgan fingerprint density at radius 1 is 1.35 bits per heavy atom. The predicted molar refractivity (Wildman–Crippen MR) is 104 cm³/mol.